The fourth-order valence-electron chi connectivity index (χ4n) is 0.536. The van der Waals surface area contributed by atoms with Crippen molar-refractivity contribution in [1.82, 2.24) is 9.97 Å². The van der Waals surface area contributed by atoms with Crippen molar-refractivity contribution < 1.29 is 4.39 Å². The maximum absolute atomic E-state index is 12.7. The second-order valence-corrected chi connectivity index (χ2v) is 1.73. The second-order valence-electron chi connectivity index (χ2n) is 1.73. The third-order valence-corrected chi connectivity index (χ3v) is 1.07. The largest absolute Gasteiger partial charge is 0.239 e. The van der Waals surface area contributed by atoms with Crippen LogP contribution < -0.4 is 0 Å². The monoisotopic (exact) mass is 137 g/mol. The predicted molar refractivity (Wildman–Crippen MR) is 31.4 cm³/mol. The minimum atomic E-state index is -0.634. The molecule has 0 saturated carbocycles. The van der Waals surface area contributed by atoms with E-state index in [0.29, 0.717) is 0 Å². The summed E-state index contributed by atoms with van der Waals surface area (Å²) in [6, 6.07) is 1.61. The summed E-state index contributed by atoms with van der Waals surface area (Å²) in [6.45, 7) is 1.48. The molecule has 0 amide bonds. The van der Waals surface area contributed by atoms with Crippen molar-refractivity contribution in [2.45, 2.75) is 6.92 Å². The molecule has 0 aliphatic rings. The molecule has 0 spiro atoms. The topological polar surface area (TPSA) is 49.6 Å². The molecule has 0 aromatic carbocycles. The maximum Gasteiger partial charge on any atom is 0.180 e. The van der Waals surface area contributed by atoms with E-state index >= 15 is 0 Å². The Morgan fingerprint density at radius 3 is 2.80 bits per heavy atom. The molecule has 0 N–H and O–H groups in total. The fourth-order valence-corrected chi connectivity index (χ4v) is 0.536. The van der Waals surface area contributed by atoms with Crippen molar-refractivity contribution in [2.75, 3.05) is 0 Å². The summed E-state index contributed by atoms with van der Waals surface area (Å²) < 4.78 is 12.7. The van der Waals surface area contributed by atoms with Crippen molar-refractivity contribution >= 4 is 0 Å². The van der Waals surface area contributed by atoms with E-state index in [1.807, 2.05) is 0 Å². The minimum Gasteiger partial charge on any atom is -0.239 e. The number of hydrogen-bond donors (Lipinski definition) is 0. The van der Waals surface area contributed by atoms with E-state index in [9.17, 15) is 4.39 Å². The molecule has 0 unspecified atom stereocenters. The molecule has 0 radical (unpaired) electrons. The SMILES string of the molecule is Cc1ncnc(C#N)c1F. The molecule has 0 bridgehead atoms. The van der Waals surface area contributed by atoms with Gasteiger partial charge in [0, 0.05) is 0 Å². The highest BCUT2D eigenvalue weighted by atomic mass is 19.1. The van der Waals surface area contributed by atoms with Crippen molar-refractivity contribution in [2.24, 2.45) is 0 Å². The highest BCUT2D eigenvalue weighted by Gasteiger charge is 2.04. The molecular weight excluding hydrogens is 133 g/mol. The lowest BCUT2D eigenvalue weighted by Gasteiger charge is -1.92. The van der Waals surface area contributed by atoms with Crippen molar-refractivity contribution in [3.63, 3.8) is 0 Å². The number of rotatable bonds is 0. The summed E-state index contributed by atoms with van der Waals surface area (Å²) in [6.07, 6.45) is 1.16. The first kappa shape index (κ1) is 6.62. The highest BCUT2D eigenvalue weighted by molar-refractivity contribution is 5.22. The van der Waals surface area contributed by atoms with Gasteiger partial charge in [0.05, 0.1) is 5.69 Å². The zero-order valence-corrected chi connectivity index (χ0v) is 5.30. The Bertz CT molecular complexity index is 290. The van der Waals surface area contributed by atoms with Crippen LogP contribution in [-0.2, 0) is 0 Å². The van der Waals surface area contributed by atoms with Crippen LogP contribution in [0.5, 0.6) is 0 Å². The Labute approximate surface area is 57.2 Å². The van der Waals surface area contributed by atoms with E-state index in [2.05, 4.69) is 9.97 Å². The van der Waals surface area contributed by atoms with Gasteiger partial charge in [-0.25, -0.2) is 14.4 Å². The van der Waals surface area contributed by atoms with Crippen LogP contribution in [0.2, 0.25) is 0 Å². The molecule has 1 rings (SSSR count). The van der Waals surface area contributed by atoms with Gasteiger partial charge < -0.3 is 0 Å². The number of nitriles is 1. The quantitative estimate of drug-likeness (QED) is 0.531. The van der Waals surface area contributed by atoms with Gasteiger partial charge in [-0.15, -0.1) is 0 Å². The molecule has 0 fully saturated rings. The van der Waals surface area contributed by atoms with Crippen molar-refractivity contribution in [1.29, 1.82) is 5.26 Å². The summed E-state index contributed by atoms with van der Waals surface area (Å²) in [5, 5.41) is 8.26. The van der Waals surface area contributed by atoms with Crippen LogP contribution in [0.25, 0.3) is 0 Å². The molecule has 0 aliphatic heterocycles. The standard InChI is InChI=1S/C6H4FN3/c1-4-6(7)5(2-8)10-3-9-4/h3H,1H3. The van der Waals surface area contributed by atoms with E-state index in [-0.39, 0.29) is 11.4 Å². The molecule has 1 heterocycles. The summed E-state index contributed by atoms with van der Waals surface area (Å²) in [5.74, 6) is -0.634. The molecule has 4 heteroatoms. The van der Waals surface area contributed by atoms with Crippen LogP contribution in [0.4, 0.5) is 4.39 Å². The number of hydrogen-bond acceptors (Lipinski definition) is 3. The molecular formula is C6H4FN3. The van der Waals surface area contributed by atoms with Crippen molar-refractivity contribution in [3.05, 3.63) is 23.5 Å². The van der Waals surface area contributed by atoms with Crippen LogP contribution >= 0.6 is 0 Å². The van der Waals surface area contributed by atoms with E-state index in [4.69, 9.17) is 5.26 Å². The van der Waals surface area contributed by atoms with Crippen LogP contribution in [-0.4, -0.2) is 9.97 Å². The van der Waals surface area contributed by atoms with Crippen molar-refractivity contribution in [3.8, 4) is 6.07 Å². The molecule has 0 aliphatic carbocycles. The van der Waals surface area contributed by atoms with Gasteiger partial charge >= 0.3 is 0 Å². The fraction of sp³-hybridized carbons (Fsp3) is 0.167. The van der Waals surface area contributed by atoms with E-state index in [0.717, 1.165) is 6.33 Å². The molecule has 0 saturated heterocycles. The van der Waals surface area contributed by atoms with Gasteiger partial charge in [0.25, 0.3) is 0 Å². The Balaban J connectivity index is 3.31. The summed E-state index contributed by atoms with van der Waals surface area (Å²) in [7, 11) is 0. The van der Waals surface area contributed by atoms with Gasteiger partial charge in [0.15, 0.2) is 11.5 Å². The second kappa shape index (κ2) is 2.40. The number of aromatic nitrogens is 2. The van der Waals surface area contributed by atoms with E-state index < -0.39 is 5.82 Å². The molecule has 0 atom stereocenters. The highest BCUT2D eigenvalue weighted by Crippen LogP contribution is 2.03. The average Bonchev–Trinajstić information content (AvgIpc) is 1.95. The molecule has 10 heavy (non-hydrogen) atoms. The number of aryl methyl sites for hydroxylation is 1. The minimum absolute atomic E-state index is 0.201. The molecule has 1 aromatic heterocycles. The first-order valence-electron chi connectivity index (χ1n) is 2.63. The van der Waals surface area contributed by atoms with E-state index in [1.165, 1.54) is 6.92 Å². The lowest BCUT2D eigenvalue weighted by atomic mass is 10.3. The molecule has 3 nitrogen and oxygen atoms in total. The number of halogens is 1. The van der Waals surface area contributed by atoms with Gasteiger partial charge in [-0.05, 0) is 6.92 Å². The molecule has 1 aromatic rings. The van der Waals surface area contributed by atoms with Crippen LogP contribution in [0.3, 0.4) is 0 Å². The zero-order chi connectivity index (χ0) is 7.56. The van der Waals surface area contributed by atoms with Crippen LogP contribution in [0, 0.1) is 24.1 Å². The lowest BCUT2D eigenvalue weighted by molar-refractivity contribution is 0.596. The van der Waals surface area contributed by atoms with Gasteiger partial charge in [0.2, 0.25) is 0 Å². The van der Waals surface area contributed by atoms with Gasteiger partial charge in [-0.2, -0.15) is 5.26 Å². The normalized spacial score (nSPS) is 8.90. The molecule has 50 valence electrons. The zero-order valence-electron chi connectivity index (χ0n) is 5.30. The lowest BCUT2D eigenvalue weighted by Crippen LogP contribution is -1.94. The van der Waals surface area contributed by atoms with E-state index in [1.54, 1.807) is 6.07 Å². The first-order valence-corrected chi connectivity index (χ1v) is 2.63. The Morgan fingerprint density at radius 2 is 2.30 bits per heavy atom. The van der Waals surface area contributed by atoms with Crippen LogP contribution in [0.15, 0.2) is 6.33 Å². The third kappa shape index (κ3) is 0.935. The third-order valence-electron chi connectivity index (χ3n) is 1.07. The smallest absolute Gasteiger partial charge is 0.180 e. The number of nitrogens with zero attached hydrogens (tertiary/aromatic N) is 3. The first-order chi connectivity index (χ1) is 4.75. The Kier molecular flexibility index (Phi) is 1.59. The summed E-state index contributed by atoms with van der Waals surface area (Å²) in [4.78, 5) is 6.96. The van der Waals surface area contributed by atoms with Gasteiger partial charge in [-0.1, -0.05) is 0 Å². The Hall–Kier alpha value is -1.50. The Morgan fingerprint density at radius 1 is 1.60 bits per heavy atom. The van der Waals surface area contributed by atoms with Gasteiger partial charge in [-0.3, -0.25) is 0 Å². The van der Waals surface area contributed by atoms with Crippen LogP contribution in [0.1, 0.15) is 11.4 Å². The summed E-state index contributed by atoms with van der Waals surface area (Å²) >= 11 is 0. The average molecular weight is 137 g/mol. The van der Waals surface area contributed by atoms with Gasteiger partial charge in [0.1, 0.15) is 12.4 Å². The predicted octanol–water partition coefficient (Wildman–Crippen LogP) is 0.796. The summed E-state index contributed by atoms with van der Waals surface area (Å²) in [5.41, 5.74) is -0.000880. The maximum atomic E-state index is 12.7.